The van der Waals surface area contributed by atoms with Gasteiger partial charge in [-0.1, -0.05) is 17.8 Å². The second kappa shape index (κ2) is 6.02. The SMILES string of the molecule is CC(Sc1ncn[nH]1)C(=O)Nc1cccc(C#N)c1. The van der Waals surface area contributed by atoms with Crippen molar-refractivity contribution in [2.75, 3.05) is 5.32 Å². The van der Waals surface area contributed by atoms with Crippen LogP contribution in [0.25, 0.3) is 0 Å². The quantitative estimate of drug-likeness (QED) is 0.828. The Morgan fingerprint density at radius 3 is 3.11 bits per heavy atom. The summed E-state index contributed by atoms with van der Waals surface area (Å²) in [5.41, 5.74) is 1.11. The number of H-pyrrole nitrogens is 1. The zero-order chi connectivity index (χ0) is 13.7. The van der Waals surface area contributed by atoms with Crippen LogP contribution in [0.4, 0.5) is 5.69 Å². The van der Waals surface area contributed by atoms with E-state index in [4.69, 9.17) is 5.26 Å². The van der Waals surface area contributed by atoms with Crippen molar-refractivity contribution in [3.05, 3.63) is 36.2 Å². The third-order valence-corrected chi connectivity index (χ3v) is 3.30. The molecule has 2 rings (SSSR count). The Labute approximate surface area is 114 Å². The minimum atomic E-state index is -0.321. The third-order valence-electron chi connectivity index (χ3n) is 2.31. The molecule has 1 unspecified atom stereocenters. The maximum atomic E-state index is 12.0. The zero-order valence-electron chi connectivity index (χ0n) is 10.1. The molecule has 0 saturated carbocycles. The predicted octanol–water partition coefficient (Wildman–Crippen LogP) is 1.80. The van der Waals surface area contributed by atoms with Gasteiger partial charge >= 0.3 is 0 Å². The van der Waals surface area contributed by atoms with Crippen LogP contribution in [0.1, 0.15) is 12.5 Å². The lowest BCUT2D eigenvalue weighted by Crippen LogP contribution is -2.22. The summed E-state index contributed by atoms with van der Waals surface area (Å²) in [6.45, 7) is 1.77. The summed E-state index contributed by atoms with van der Waals surface area (Å²) in [7, 11) is 0. The lowest BCUT2D eigenvalue weighted by Gasteiger charge is -2.10. The largest absolute Gasteiger partial charge is 0.325 e. The number of hydrogen-bond donors (Lipinski definition) is 2. The smallest absolute Gasteiger partial charge is 0.237 e. The van der Waals surface area contributed by atoms with Crippen molar-refractivity contribution >= 4 is 23.4 Å². The number of thioether (sulfide) groups is 1. The van der Waals surface area contributed by atoms with E-state index in [2.05, 4.69) is 20.5 Å². The Morgan fingerprint density at radius 2 is 2.42 bits per heavy atom. The Kier molecular flexibility index (Phi) is 4.15. The van der Waals surface area contributed by atoms with Crippen LogP contribution in [0.15, 0.2) is 35.7 Å². The molecule has 0 spiro atoms. The van der Waals surface area contributed by atoms with Crippen LogP contribution in [0.5, 0.6) is 0 Å². The highest BCUT2D eigenvalue weighted by molar-refractivity contribution is 8.00. The van der Waals surface area contributed by atoms with Crippen LogP contribution in [-0.2, 0) is 4.79 Å². The van der Waals surface area contributed by atoms with Gasteiger partial charge in [-0.25, -0.2) is 4.98 Å². The molecular formula is C12H11N5OS. The lowest BCUT2D eigenvalue weighted by atomic mass is 10.2. The number of aromatic amines is 1. The van der Waals surface area contributed by atoms with Gasteiger partial charge in [0.2, 0.25) is 5.91 Å². The molecule has 0 radical (unpaired) electrons. The maximum Gasteiger partial charge on any atom is 0.237 e. The van der Waals surface area contributed by atoms with Crippen LogP contribution in [0.2, 0.25) is 0 Å². The van der Waals surface area contributed by atoms with Crippen molar-refractivity contribution in [2.24, 2.45) is 0 Å². The number of anilines is 1. The van der Waals surface area contributed by atoms with Gasteiger partial charge in [-0.2, -0.15) is 10.4 Å². The van der Waals surface area contributed by atoms with Gasteiger partial charge in [0.25, 0.3) is 0 Å². The monoisotopic (exact) mass is 273 g/mol. The molecule has 2 aromatic rings. The highest BCUT2D eigenvalue weighted by Gasteiger charge is 2.16. The Morgan fingerprint density at radius 1 is 1.58 bits per heavy atom. The summed E-state index contributed by atoms with van der Waals surface area (Å²) >= 11 is 1.28. The van der Waals surface area contributed by atoms with Crippen molar-refractivity contribution in [1.29, 1.82) is 5.26 Å². The zero-order valence-corrected chi connectivity index (χ0v) is 10.9. The summed E-state index contributed by atoms with van der Waals surface area (Å²) in [6.07, 6.45) is 1.39. The van der Waals surface area contributed by atoms with Gasteiger partial charge < -0.3 is 5.32 Å². The van der Waals surface area contributed by atoms with Gasteiger partial charge in [0.05, 0.1) is 16.9 Å². The van der Waals surface area contributed by atoms with E-state index >= 15 is 0 Å². The van der Waals surface area contributed by atoms with Crippen molar-refractivity contribution in [3.8, 4) is 6.07 Å². The second-order valence-corrected chi connectivity index (χ2v) is 5.06. The number of amides is 1. The minimum absolute atomic E-state index is 0.156. The Hall–Kier alpha value is -2.33. The van der Waals surface area contributed by atoms with E-state index in [0.29, 0.717) is 16.4 Å². The molecule has 96 valence electrons. The topological polar surface area (TPSA) is 94.5 Å². The van der Waals surface area contributed by atoms with E-state index in [0.717, 1.165) is 0 Å². The molecule has 1 heterocycles. The number of nitrogens with zero attached hydrogens (tertiary/aromatic N) is 3. The first-order valence-corrected chi connectivity index (χ1v) is 6.40. The molecule has 7 heteroatoms. The number of rotatable bonds is 4. The summed E-state index contributed by atoms with van der Waals surface area (Å²) in [5.74, 6) is -0.156. The molecule has 1 atom stereocenters. The maximum absolute atomic E-state index is 12.0. The van der Waals surface area contributed by atoms with Crippen molar-refractivity contribution in [2.45, 2.75) is 17.3 Å². The molecule has 19 heavy (non-hydrogen) atoms. The highest BCUT2D eigenvalue weighted by atomic mass is 32.2. The molecule has 2 N–H and O–H groups in total. The lowest BCUT2D eigenvalue weighted by molar-refractivity contribution is -0.115. The number of hydrogen-bond acceptors (Lipinski definition) is 5. The molecule has 0 aliphatic rings. The van der Waals surface area contributed by atoms with Crippen LogP contribution in [-0.4, -0.2) is 26.3 Å². The van der Waals surface area contributed by atoms with E-state index < -0.39 is 0 Å². The number of nitriles is 1. The van der Waals surface area contributed by atoms with E-state index in [1.54, 1.807) is 31.2 Å². The molecule has 0 fully saturated rings. The van der Waals surface area contributed by atoms with Gasteiger partial charge in [-0.3, -0.25) is 9.89 Å². The number of aromatic nitrogens is 3. The van der Waals surface area contributed by atoms with Crippen LogP contribution < -0.4 is 5.32 Å². The predicted molar refractivity (Wildman–Crippen MR) is 71.5 cm³/mol. The molecule has 1 aromatic carbocycles. The standard InChI is InChI=1S/C12H11N5OS/c1-8(19-12-14-7-15-17-12)11(18)16-10-4-2-3-9(5-10)6-13/h2-5,7-8H,1H3,(H,16,18)(H,14,15,17). The highest BCUT2D eigenvalue weighted by Crippen LogP contribution is 2.20. The Bertz CT molecular complexity index is 605. The summed E-state index contributed by atoms with van der Waals surface area (Å²) in [5, 5.41) is 18.2. The molecule has 1 amide bonds. The second-order valence-electron chi connectivity index (χ2n) is 3.73. The van der Waals surface area contributed by atoms with Gasteiger partial charge in [-0.15, -0.1) is 0 Å². The minimum Gasteiger partial charge on any atom is -0.325 e. The van der Waals surface area contributed by atoms with Gasteiger partial charge in [-0.05, 0) is 25.1 Å². The normalized spacial score (nSPS) is 11.6. The fourth-order valence-corrected chi connectivity index (χ4v) is 2.10. The van der Waals surface area contributed by atoms with Gasteiger partial charge in [0, 0.05) is 5.69 Å². The number of benzene rings is 1. The Balaban J connectivity index is 1.98. The van der Waals surface area contributed by atoms with Gasteiger partial charge in [0.15, 0.2) is 5.16 Å². The summed E-state index contributed by atoms with van der Waals surface area (Å²) in [6, 6.07) is 8.80. The fraction of sp³-hybridized carbons (Fsp3) is 0.167. The molecular weight excluding hydrogens is 262 g/mol. The van der Waals surface area contributed by atoms with Crippen molar-refractivity contribution in [3.63, 3.8) is 0 Å². The summed E-state index contributed by atoms with van der Waals surface area (Å²) in [4.78, 5) is 15.9. The summed E-state index contributed by atoms with van der Waals surface area (Å²) < 4.78 is 0. The van der Waals surface area contributed by atoms with Crippen molar-refractivity contribution in [1.82, 2.24) is 15.2 Å². The number of nitrogens with one attached hydrogen (secondary N) is 2. The van der Waals surface area contributed by atoms with Crippen molar-refractivity contribution < 1.29 is 4.79 Å². The molecule has 6 nitrogen and oxygen atoms in total. The van der Waals surface area contributed by atoms with E-state index in [-0.39, 0.29) is 11.2 Å². The van der Waals surface area contributed by atoms with Gasteiger partial charge in [0.1, 0.15) is 6.33 Å². The molecule has 0 aliphatic carbocycles. The van der Waals surface area contributed by atoms with Crippen LogP contribution in [0.3, 0.4) is 0 Å². The van der Waals surface area contributed by atoms with E-state index in [1.165, 1.54) is 18.1 Å². The third kappa shape index (κ3) is 3.56. The molecule has 1 aromatic heterocycles. The number of carbonyl (C=O) groups excluding carboxylic acids is 1. The van der Waals surface area contributed by atoms with E-state index in [9.17, 15) is 4.79 Å². The molecule has 0 aliphatic heterocycles. The first kappa shape index (κ1) is 13.1. The van der Waals surface area contributed by atoms with E-state index in [1.807, 2.05) is 6.07 Å². The molecule has 0 saturated heterocycles. The molecule has 0 bridgehead atoms. The first-order valence-electron chi connectivity index (χ1n) is 5.52. The fourth-order valence-electron chi connectivity index (χ4n) is 1.38. The first-order chi connectivity index (χ1) is 9.19. The van der Waals surface area contributed by atoms with Crippen LogP contribution in [0, 0.1) is 11.3 Å². The average Bonchev–Trinajstić information content (AvgIpc) is 2.91. The average molecular weight is 273 g/mol. The number of carbonyl (C=O) groups is 1. The van der Waals surface area contributed by atoms with Crippen LogP contribution >= 0.6 is 11.8 Å².